The van der Waals surface area contributed by atoms with Gasteiger partial charge in [0.15, 0.2) is 11.5 Å². The molecule has 0 saturated carbocycles. The van der Waals surface area contributed by atoms with Crippen molar-refractivity contribution in [2.24, 2.45) is 0 Å². The number of anilines is 1. The van der Waals surface area contributed by atoms with Crippen molar-refractivity contribution >= 4 is 22.8 Å². The summed E-state index contributed by atoms with van der Waals surface area (Å²) >= 11 is 1.37. The van der Waals surface area contributed by atoms with E-state index >= 15 is 0 Å². The van der Waals surface area contributed by atoms with Crippen LogP contribution in [0.15, 0.2) is 72.8 Å². The minimum absolute atomic E-state index is 0.195. The van der Waals surface area contributed by atoms with Gasteiger partial charge in [0.1, 0.15) is 0 Å². The highest BCUT2D eigenvalue weighted by Gasteiger charge is 2.21. The third-order valence-electron chi connectivity index (χ3n) is 5.17. The molecular formula is C26H23NO4S. The van der Waals surface area contributed by atoms with Crippen LogP contribution in [0.1, 0.15) is 15.2 Å². The molecular weight excluding hydrogens is 422 g/mol. The Kier molecular flexibility index (Phi) is 6.14. The smallest absolute Gasteiger partial charge is 0.205 e. The number of carbonyl (C=O) groups is 1. The fourth-order valence-corrected chi connectivity index (χ4v) is 4.57. The predicted octanol–water partition coefficient (Wildman–Crippen LogP) is 5.92. The molecule has 0 atom stereocenters. The number of nitrogens with two attached hydrogens (primary N) is 1. The van der Waals surface area contributed by atoms with E-state index < -0.39 is 0 Å². The summed E-state index contributed by atoms with van der Waals surface area (Å²) in [6, 6.07) is 23.5. The second-order valence-electron chi connectivity index (χ2n) is 7.08. The van der Waals surface area contributed by atoms with Gasteiger partial charge in [-0.1, -0.05) is 54.6 Å². The highest BCUT2D eigenvalue weighted by Crippen LogP contribution is 2.41. The number of hydrogen-bond donors (Lipinski definition) is 1. The van der Waals surface area contributed by atoms with E-state index in [1.54, 1.807) is 12.1 Å². The van der Waals surface area contributed by atoms with Crippen LogP contribution >= 0.6 is 11.3 Å². The lowest BCUT2D eigenvalue weighted by atomic mass is 10.0. The first-order valence-corrected chi connectivity index (χ1v) is 10.8. The number of methoxy groups -OCH3 is 3. The average molecular weight is 446 g/mol. The van der Waals surface area contributed by atoms with Gasteiger partial charge in [0.25, 0.3) is 0 Å². The Hall–Kier alpha value is -3.77. The zero-order valence-electron chi connectivity index (χ0n) is 18.0. The van der Waals surface area contributed by atoms with Gasteiger partial charge < -0.3 is 19.9 Å². The SMILES string of the molecule is COc1cc(C(=O)c2sc(-c3ccc(-c4ccccc4)cc3)cc2N)cc(OC)c1OC. The molecule has 1 aromatic heterocycles. The Bertz CT molecular complexity index is 1220. The van der Waals surface area contributed by atoms with E-state index in [0.717, 1.165) is 21.6 Å². The van der Waals surface area contributed by atoms with Crippen LogP contribution in [-0.4, -0.2) is 27.1 Å². The molecule has 0 fully saturated rings. The molecule has 0 aliphatic rings. The number of nitrogen functional groups attached to an aromatic ring is 1. The molecule has 32 heavy (non-hydrogen) atoms. The van der Waals surface area contributed by atoms with Crippen LogP contribution in [0.25, 0.3) is 21.6 Å². The first-order valence-electron chi connectivity index (χ1n) is 9.95. The maximum atomic E-state index is 13.3. The van der Waals surface area contributed by atoms with Gasteiger partial charge >= 0.3 is 0 Å². The molecule has 0 spiro atoms. The van der Waals surface area contributed by atoms with Crippen molar-refractivity contribution in [3.8, 4) is 38.8 Å². The Balaban J connectivity index is 1.66. The fraction of sp³-hybridized carbons (Fsp3) is 0.115. The van der Waals surface area contributed by atoms with Crippen LogP contribution in [0.4, 0.5) is 5.69 Å². The number of thiophene rings is 1. The number of hydrogen-bond acceptors (Lipinski definition) is 6. The van der Waals surface area contributed by atoms with E-state index in [1.165, 1.54) is 32.7 Å². The van der Waals surface area contributed by atoms with E-state index in [0.29, 0.717) is 33.4 Å². The van der Waals surface area contributed by atoms with E-state index in [-0.39, 0.29) is 5.78 Å². The van der Waals surface area contributed by atoms with Crippen molar-refractivity contribution in [2.45, 2.75) is 0 Å². The maximum Gasteiger partial charge on any atom is 0.205 e. The summed E-state index contributed by atoms with van der Waals surface area (Å²) in [5.41, 5.74) is 10.4. The van der Waals surface area contributed by atoms with Crippen LogP contribution in [0.5, 0.6) is 17.2 Å². The maximum absolute atomic E-state index is 13.3. The molecule has 6 heteroatoms. The van der Waals surface area contributed by atoms with Gasteiger partial charge in [0.2, 0.25) is 11.5 Å². The molecule has 0 unspecified atom stereocenters. The summed E-state index contributed by atoms with van der Waals surface area (Å²) in [5, 5.41) is 0. The lowest BCUT2D eigenvalue weighted by Crippen LogP contribution is -2.04. The molecule has 0 aliphatic carbocycles. The molecule has 4 aromatic rings. The number of ether oxygens (including phenoxy) is 3. The summed E-state index contributed by atoms with van der Waals surface area (Å²) in [6.07, 6.45) is 0. The molecule has 3 aromatic carbocycles. The first-order chi connectivity index (χ1) is 15.5. The quantitative estimate of drug-likeness (QED) is 0.358. The van der Waals surface area contributed by atoms with Gasteiger partial charge in [-0.15, -0.1) is 11.3 Å². The molecule has 1 heterocycles. The molecule has 0 radical (unpaired) electrons. The molecule has 5 nitrogen and oxygen atoms in total. The van der Waals surface area contributed by atoms with E-state index in [1.807, 2.05) is 36.4 Å². The van der Waals surface area contributed by atoms with Crippen molar-refractivity contribution < 1.29 is 19.0 Å². The van der Waals surface area contributed by atoms with E-state index in [2.05, 4.69) is 24.3 Å². The molecule has 0 amide bonds. The zero-order valence-corrected chi connectivity index (χ0v) is 18.9. The third-order valence-corrected chi connectivity index (χ3v) is 6.37. The van der Waals surface area contributed by atoms with Gasteiger partial charge in [-0.2, -0.15) is 0 Å². The topological polar surface area (TPSA) is 70.8 Å². The normalized spacial score (nSPS) is 10.6. The minimum Gasteiger partial charge on any atom is -0.493 e. The Morgan fingerprint density at radius 3 is 1.88 bits per heavy atom. The summed E-state index contributed by atoms with van der Waals surface area (Å²) in [5.74, 6) is 1.08. The molecule has 0 bridgehead atoms. The van der Waals surface area contributed by atoms with Crippen molar-refractivity contribution in [3.05, 3.63) is 83.2 Å². The van der Waals surface area contributed by atoms with Crippen LogP contribution in [0, 0.1) is 0 Å². The van der Waals surface area contributed by atoms with Gasteiger partial charge in [-0.3, -0.25) is 4.79 Å². The molecule has 0 saturated heterocycles. The number of rotatable bonds is 7. The van der Waals surface area contributed by atoms with Crippen LogP contribution in [-0.2, 0) is 0 Å². The molecule has 162 valence electrons. The molecule has 4 rings (SSSR count). The summed E-state index contributed by atoms with van der Waals surface area (Å²) in [4.78, 5) is 14.7. The van der Waals surface area contributed by atoms with Crippen molar-refractivity contribution in [1.29, 1.82) is 0 Å². The zero-order chi connectivity index (χ0) is 22.7. The Morgan fingerprint density at radius 1 is 0.750 bits per heavy atom. The average Bonchev–Trinajstić information content (AvgIpc) is 3.24. The van der Waals surface area contributed by atoms with Crippen molar-refractivity contribution in [1.82, 2.24) is 0 Å². The third kappa shape index (κ3) is 4.05. The monoisotopic (exact) mass is 445 g/mol. The number of benzene rings is 3. The van der Waals surface area contributed by atoms with Gasteiger partial charge in [0, 0.05) is 10.4 Å². The minimum atomic E-state index is -0.195. The highest BCUT2D eigenvalue weighted by molar-refractivity contribution is 7.18. The largest absolute Gasteiger partial charge is 0.493 e. The summed E-state index contributed by atoms with van der Waals surface area (Å²) < 4.78 is 16.1. The highest BCUT2D eigenvalue weighted by atomic mass is 32.1. The van der Waals surface area contributed by atoms with Crippen molar-refractivity contribution in [2.75, 3.05) is 27.1 Å². The van der Waals surface area contributed by atoms with Gasteiger partial charge in [-0.05, 0) is 34.9 Å². The van der Waals surface area contributed by atoms with Gasteiger partial charge in [0.05, 0.1) is 31.9 Å². The summed E-state index contributed by atoms with van der Waals surface area (Å²) in [6.45, 7) is 0. The lowest BCUT2D eigenvalue weighted by molar-refractivity contribution is 0.104. The Morgan fingerprint density at radius 2 is 1.31 bits per heavy atom. The summed E-state index contributed by atoms with van der Waals surface area (Å²) in [7, 11) is 4.55. The molecule has 2 N–H and O–H groups in total. The number of ketones is 1. The van der Waals surface area contributed by atoms with Gasteiger partial charge in [-0.25, -0.2) is 0 Å². The second-order valence-corrected chi connectivity index (χ2v) is 8.13. The first kappa shape index (κ1) is 21.5. The van der Waals surface area contributed by atoms with E-state index in [9.17, 15) is 4.79 Å². The lowest BCUT2D eigenvalue weighted by Gasteiger charge is -2.13. The van der Waals surface area contributed by atoms with Crippen LogP contribution in [0.3, 0.4) is 0 Å². The second kappa shape index (κ2) is 9.16. The predicted molar refractivity (Wildman–Crippen MR) is 129 cm³/mol. The number of carbonyl (C=O) groups excluding carboxylic acids is 1. The van der Waals surface area contributed by atoms with Crippen LogP contribution < -0.4 is 19.9 Å². The van der Waals surface area contributed by atoms with E-state index in [4.69, 9.17) is 19.9 Å². The van der Waals surface area contributed by atoms with Crippen LogP contribution in [0.2, 0.25) is 0 Å². The standard InChI is InChI=1S/C26H23NO4S/c1-29-21-13-19(14-22(30-2)25(21)31-3)24(28)26-20(27)15-23(32-26)18-11-9-17(10-12-18)16-7-5-4-6-8-16/h4-15H,27H2,1-3H3. The molecule has 0 aliphatic heterocycles. The Labute approximate surface area is 191 Å². The van der Waals surface area contributed by atoms with Crippen molar-refractivity contribution in [3.63, 3.8) is 0 Å². The fourth-order valence-electron chi connectivity index (χ4n) is 3.53.